The molecule has 0 unspecified atom stereocenters. The highest BCUT2D eigenvalue weighted by Crippen LogP contribution is 2.45. The largest absolute Gasteiger partial charge is 0.434 e. The summed E-state index contributed by atoms with van der Waals surface area (Å²) in [5, 5.41) is 0.526. The zero-order valence-electron chi connectivity index (χ0n) is 11.2. The Bertz CT molecular complexity index is 731. The third kappa shape index (κ3) is 2.81. The summed E-state index contributed by atoms with van der Waals surface area (Å²) in [7, 11) is 0. The van der Waals surface area contributed by atoms with Crippen LogP contribution in [-0.2, 0) is 0 Å². The fraction of sp³-hybridized carbons (Fsp3) is 0.357. The number of carbonyl (C=O) groups excluding carboxylic acids is 1. The number of rotatable bonds is 3. The highest BCUT2D eigenvalue weighted by molar-refractivity contribution is 9.10. The molecule has 3 rings (SSSR count). The first-order chi connectivity index (χ1) is 10.5. The van der Waals surface area contributed by atoms with Gasteiger partial charge in [-0.25, -0.2) is 0 Å². The molecule has 118 valence electrons. The van der Waals surface area contributed by atoms with Crippen LogP contribution in [0, 0.1) is 0 Å². The van der Waals surface area contributed by atoms with Gasteiger partial charge < -0.3 is 9.64 Å². The van der Waals surface area contributed by atoms with Gasteiger partial charge in [0, 0.05) is 17.6 Å². The van der Waals surface area contributed by atoms with Crippen LogP contribution in [0.3, 0.4) is 0 Å². The number of nitrogens with zero attached hydrogens (tertiary/aromatic N) is 1. The monoisotopic (exact) mass is 409 g/mol. The van der Waals surface area contributed by atoms with Crippen molar-refractivity contribution < 1.29 is 18.3 Å². The Morgan fingerprint density at radius 3 is 2.68 bits per heavy atom. The second kappa shape index (κ2) is 6.29. The summed E-state index contributed by atoms with van der Waals surface area (Å²) < 4.78 is 30.9. The Kier molecular flexibility index (Phi) is 4.56. The molecule has 0 saturated carbocycles. The van der Waals surface area contributed by atoms with E-state index in [1.165, 1.54) is 17.4 Å². The number of thiophene rings is 1. The number of carbonyl (C=O) groups is 1. The lowest BCUT2D eigenvalue weighted by molar-refractivity contribution is -0.0487. The predicted molar refractivity (Wildman–Crippen MR) is 86.3 cm³/mol. The zero-order valence-corrected chi connectivity index (χ0v) is 14.4. The summed E-state index contributed by atoms with van der Waals surface area (Å²) in [6, 6.07) is 3.03. The Morgan fingerprint density at radius 2 is 2.05 bits per heavy atom. The van der Waals surface area contributed by atoms with Crippen molar-refractivity contribution in [1.29, 1.82) is 0 Å². The number of amides is 1. The molecule has 3 nitrogen and oxygen atoms in total. The number of benzene rings is 1. The van der Waals surface area contributed by atoms with Crippen molar-refractivity contribution >= 4 is 54.9 Å². The van der Waals surface area contributed by atoms with Gasteiger partial charge >= 0.3 is 6.61 Å². The van der Waals surface area contributed by atoms with E-state index in [4.69, 9.17) is 11.6 Å². The van der Waals surface area contributed by atoms with E-state index in [1.54, 1.807) is 11.0 Å². The molecular weight excluding hydrogens is 400 g/mol. The SMILES string of the molecule is O=C(c1sc2c(Br)ccc(OC(F)F)c2c1Cl)N1CCCC1. The van der Waals surface area contributed by atoms with Gasteiger partial charge in [-0.2, -0.15) is 8.78 Å². The summed E-state index contributed by atoms with van der Waals surface area (Å²) in [6.07, 6.45) is 1.94. The summed E-state index contributed by atoms with van der Waals surface area (Å²) in [4.78, 5) is 14.6. The van der Waals surface area contributed by atoms with Gasteiger partial charge in [0.1, 0.15) is 10.6 Å². The normalized spacial score (nSPS) is 15.0. The minimum absolute atomic E-state index is 0.0186. The highest BCUT2D eigenvalue weighted by Gasteiger charge is 2.27. The van der Waals surface area contributed by atoms with Crippen LogP contribution < -0.4 is 4.74 Å². The zero-order chi connectivity index (χ0) is 15.9. The van der Waals surface area contributed by atoms with Crippen molar-refractivity contribution in [1.82, 2.24) is 4.90 Å². The van der Waals surface area contributed by atoms with E-state index in [0.717, 1.165) is 12.8 Å². The average Bonchev–Trinajstić information content (AvgIpc) is 3.09. The Labute approximate surface area is 142 Å². The third-order valence-electron chi connectivity index (χ3n) is 3.50. The lowest BCUT2D eigenvalue weighted by atomic mass is 10.2. The van der Waals surface area contributed by atoms with Crippen molar-refractivity contribution in [3.8, 4) is 5.75 Å². The predicted octanol–water partition coefficient (Wildman–Crippen LogP) is 5.15. The van der Waals surface area contributed by atoms with E-state index in [1.807, 2.05) is 0 Å². The van der Waals surface area contributed by atoms with Crippen molar-refractivity contribution in [3.05, 3.63) is 26.5 Å². The minimum Gasteiger partial charge on any atom is -0.434 e. The van der Waals surface area contributed by atoms with Crippen LogP contribution in [0.2, 0.25) is 5.02 Å². The molecule has 0 aliphatic carbocycles. The molecule has 2 heterocycles. The van der Waals surface area contributed by atoms with Crippen LogP contribution in [0.15, 0.2) is 16.6 Å². The van der Waals surface area contributed by atoms with E-state index >= 15 is 0 Å². The molecule has 1 saturated heterocycles. The van der Waals surface area contributed by atoms with Gasteiger partial charge in [0.05, 0.1) is 15.1 Å². The number of ether oxygens (including phenoxy) is 1. The van der Waals surface area contributed by atoms with Gasteiger partial charge in [0.2, 0.25) is 0 Å². The summed E-state index contributed by atoms with van der Waals surface area (Å²) in [5.74, 6) is -0.173. The molecule has 1 fully saturated rings. The van der Waals surface area contributed by atoms with Gasteiger partial charge in [-0.3, -0.25) is 4.79 Å². The quantitative estimate of drug-likeness (QED) is 0.700. The van der Waals surface area contributed by atoms with Crippen LogP contribution in [0.4, 0.5) is 8.78 Å². The van der Waals surface area contributed by atoms with Gasteiger partial charge in [-0.1, -0.05) is 11.6 Å². The summed E-state index contributed by atoms with van der Waals surface area (Å²) >= 11 is 10.9. The van der Waals surface area contributed by atoms with Gasteiger partial charge in [-0.15, -0.1) is 11.3 Å². The number of hydrogen-bond donors (Lipinski definition) is 0. The lowest BCUT2D eigenvalue weighted by Gasteiger charge is -2.13. The highest BCUT2D eigenvalue weighted by atomic mass is 79.9. The van der Waals surface area contributed by atoms with Crippen LogP contribution in [0.5, 0.6) is 5.75 Å². The van der Waals surface area contributed by atoms with Crippen LogP contribution in [-0.4, -0.2) is 30.5 Å². The number of likely N-dealkylation sites (tertiary alicyclic amines) is 1. The lowest BCUT2D eigenvalue weighted by Crippen LogP contribution is -2.26. The van der Waals surface area contributed by atoms with E-state index in [0.29, 0.717) is 32.5 Å². The maximum Gasteiger partial charge on any atom is 0.387 e. The van der Waals surface area contributed by atoms with Gasteiger partial charge in [0.15, 0.2) is 0 Å². The van der Waals surface area contributed by atoms with Crippen molar-refractivity contribution in [2.75, 3.05) is 13.1 Å². The molecule has 8 heteroatoms. The molecule has 1 aliphatic rings. The van der Waals surface area contributed by atoms with Gasteiger partial charge in [-0.05, 0) is 40.9 Å². The van der Waals surface area contributed by atoms with Crippen LogP contribution >= 0.6 is 38.9 Å². The standard InChI is InChI=1S/C14H11BrClF2NO2S/c15-7-3-4-8(21-14(17)18)9-10(16)12(22-11(7)9)13(20)19-5-1-2-6-19/h3-4,14H,1-2,5-6H2. The molecule has 1 aromatic carbocycles. The maximum atomic E-state index is 12.5. The number of hydrogen-bond acceptors (Lipinski definition) is 3. The molecule has 1 aromatic heterocycles. The Morgan fingerprint density at radius 1 is 1.36 bits per heavy atom. The Balaban J connectivity index is 2.11. The second-order valence-electron chi connectivity index (χ2n) is 4.87. The van der Waals surface area contributed by atoms with Gasteiger partial charge in [0.25, 0.3) is 5.91 Å². The molecule has 2 aromatic rings. The van der Waals surface area contributed by atoms with Crippen LogP contribution in [0.1, 0.15) is 22.5 Å². The fourth-order valence-corrected chi connectivity index (χ4v) is 4.60. The van der Waals surface area contributed by atoms with E-state index < -0.39 is 6.61 Å². The molecule has 0 bridgehead atoms. The Hall–Kier alpha value is -0.920. The van der Waals surface area contributed by atoms with Crippen LogP contribution in [0.25, 0.3) is 10.1 Å². The molecule has 0 spiro atoms. The average molecular weight is 411 g/mol. The molecule has 22 heavy (non-hydrogen) atoms. The summed E-state index contributed by atoms with van der Waals surface area (Å²) in [5.41, 5.74) is 0. The van der Waals surface area contributed by atoms with E-state index in [9.17, 15) is 13.6 Å². The molecular formula is C14H11BrClF2NO2S. The number of fused-ring (bicyclic) bond motifs is 1. The summed E-state index contributed by atoms with van der Waals surface area (Å²) in [6.45, 7) is -1.55. The van der Waals surface area contributed by atoms with Crippen molar-refractivity contribution in [2.24, 2.45) is 0 Å². The first kappa shape index (κ1) is 16.0. The van der Waals surface area contributed by atoms with E-state index in [2.05, 4.69) is 20.7 Å². The minimum atomic E-state index is -2.95. The smallest absolute Gasteiger partial charge is 0.387 e. The second-order valence-corrected chi connectivity index (χ2v) is 7.13. The maximum absolute atomic E-state index is 12.5. The molecule has 1 amide bonds. The molecule has 0 radical (unpaired) electrons. The third-order valence-corrected chi connectivity index (χ3v) is 6.12. The first-order valence-corrected chi connectivity index (χ1v) is 8.62. The molecule has 0 atom stereocenters. The molecule has 1 aliphatic heterocycles. The number of halogens is 4. The molecule has 0 N–H and O–H groups in total. The van der Waals surface area contributed by atoms with Crippen molar-refractivity contribution in [3.63, 3.8) is 0 Å². The fourth-order valence-electron chi connectivity index (χ4n) is 2.50. The first-order valence-electron chi connectivity index (χ1n) is 6.63. The number of alkyl halides is 2. The van der Waals surface area contributed by atoms with E-state index in [-0.39, 0.29) is 16.7 Å². The van der Waals surface area contributed by atoms with Crippen molar-refractivity contribution in [2.45, 2.75) is 19.5 Å². The topological polar surface area (TPSA) is 29.5 Å².